The van der Waals surface area contributed by atoms with Crippen molar-refractivity contribution in [2.24, 2.45) is 0 Å². The number of para-hydroxylation sites is 1. The quantitative estimate of drug-likeness (QED) is 0.872. The van der Waals surface area contributed by atoms with Gasteiger partial charge in [-0.15, -0.1) is 0 Å². The van der Waals surface area contributed by atoms with Crippen molar-refractivity contribution in [3.05, 3.63) is 29.3 Å². The minimum absolute atomic E-state index is 0.253. The molecule has 1 heterocycles. The van der Waals surface area contributed by atoms with E-state index in [1.165, 1.54) is 16.8 Å². The maximum atomic E-state index is 9.31. The summed E-state index contributed by atoms with van der Waals surface area (Å²) in [7, 11) is 0. The van der Waals surface area contributed by atoms with E-state index >= 15 is 0 Å². The molecule has 0 bridgehead atoms. The van der Waals surface area contributed by atoms with Crippen molar-refractivity contribution in [3.8, 4) is 0 Å². The lowest BCUT2D eigenvalue weighted by molar-refractivity contribution is 0.259. The van der Waals surface area contributed by atoms with Crippen LogP contribution < -0.4 is 10.2 Å². The lowest BCUT2D eigenvalue weighted by Gasteiger charge is -2.44. The summed E-state index contributed by atoms with van der Waals surface area (Å²) < 4.78 is 0. The van der Waals surface area contributed by atoms with E-state index in [9.17, 15) is 5.11 Å². The Hall–Kier alpha value is -1.06. The van der Waals surface area contributed by atoms with E-state index in [-0.39, 0.29) is 6.61 Å². The molecule has 2 N–H and O–H groups in total. The van der Waals surface area contributed by atoms with Gasteiger partial charge in [0.1, 0.15) is 0 Å². The molecule has 1 fully saturated rings. The Bertz CT molecular complexity index is 417. The van der Waals surface area contributed by atoms with Crippen LogP contribution in [0.5, 0.6) is 0 Å². The molecular formula is C16H26N2O. The van der Waals surface area contributed by atoms with Crippen molar-refractivity contribution in [2.45, 2.75) is 45.7 Å². The van der Waals surface area contributed by atoms with Crippen LogP contribution >= 0.6 is 0 Å². The van der Waals surface area contributed by atoms with Crippen LogP contribution in [0.4, 0.5) is 5.69 Å². The number of nitrogens with zero attached hydrogens (tertiary/aromatic N) is 1. The predicted molar refractivity (Wildman–Crippen MR) is 80.9 cm³/mol. The molecule has 1 aromatic carbocycles. The number of anilines is 1. The number of nitrogens with one attached hydrogen (secondary N) is 1. The van der Waals surface area contributed by atoms with Crippen molar-refractivity contribution < 1.29 is 5.11 Å². The molecule has 1 aliphatic heterocycles. The second-order valence-corrected chi connectivity index (χ2v) is 5.52. The van der Waals surface area contributed by atoms with E-state index in [4.69, 9.17) is 0 Å². The zero-order chi connectivity index (χ0) is 13.8. The van der Waals surface area contributed by atoms with Crippen LogP contribution in [-0.2, 0) is 6.42 Å². The molecule has 0 spiro atoms. The summed E-state index contributed by atoms with van der Waals surface area (Å²) in [4.78, 5) is 2.53. The number of aliphatic hydroxyl groups is 1. The number of rotatable bonds is 4. The average Bonchev–Trinajstić information content (AvgIpc) is 2.40. The van der Waals surface area contributed by atoms with Crippen molar-refractivity contribution in [1.29, 1.82) is 0 Å². The van der Waals surface area contributed by atoms with Crippen molar-refractivity contribution >= 4 is 5.69 Å². The fraction of sp³-hybridized carbons (Fsp3) is 0.625. The van der Waals surface area contributed by atoms with Gasteiger partial charge in [-0.25, -0.2) is 0 Å². The van der Waals surface area contributed by atoms with Gasteiger partial charge in [0.15, 0.2) is 0 Å². The second-order valence-electron chi connectivity index (χ2n) is 5.52. The fourth-order valence-corrected chi connectivity index (χ4v) is 3.18. The molecule has 2 atom stereocenters. The molecule has 0 radical (unpaired) electrons. The summed E-state index contributed by atoms with van der Waals surface area (Å²) in [5.74, 6) is 0. The summed E-state index contributed by atoms with van der Waals surface area (Å²) in [5.41, 5.74) is 4.14. The molecule has 3 nitrogen and oxygen atoms in total. The highest BCUT2D eigenvalue weighted by Gasteiger charge is 2.29. The van der Waals surface area contributed by atoms with Gasteiger partial charge < -0.3 is 15.3 Å². The zero-order valence-corrected chi connectivity index (χ0v) is 12.3. The van der Waals surface area contributed by atoms with Gasteiger partial charge in [0.2, 0.25) is 0 Å². The maximum absolute atomic E-state index is 9.31. The van der Waals surface area contributed by atoms with Gasteiger partial charge in [0, 0.05) is 37.5 Å². The van der Waals surface area contributed by atoms with Gasteiger partial charge in [-0.3, -0.25) is 0 Å². The highest BCUT2D eigenvalue weighted by atomic mass is 16.3. The van der Waals surface area contributed by atoms with Crippen LogP contribution in [-0.4, -0.2) is 36.9 Å². The van der Waals surface area contributed by atoms with Crippen LogP contribution in [0.3, 0.4) is 0 Å². The predicted octanol–water partition coefficient (Wildman–Crippen LogP) is 2.11. The number of hydrogen-bond acceptors (Lipinski definition) is 3. The number of benzene rings is 1. The Morgan fingerprint density at radius 1 is 1.37 bits per heavy atom. The van der Waals surface area contributed by atoms with E-state index in [0.717, 1.165) is 25.9 Å². The van der Waals surface area contributed by atoms with Crippen molar-refractivity contribution in [3.63, 3.8) is 0 Å². The standard InChI is InChI=1S/C16H26N2O/c1-4-14-7-5-6-12(2)16(14)18-13(3)10-17-11-15(18)8-9-19/h5-7,13,15,17,19H,4,8-11H2,1-3H3. The molecule has 1 saturated heterocycles. The maximum Gasteiger partial charge on any atom is 0.0451 e. The summed E-state index contributed by atoms with van der Waals surface area (Å²) in [6.07, 6.45) is 1.88. The molecule has 1 aromatic rings. The first-order chi connectivity index (χ1) is 9.19. The number of piperazine rings is 1. The fourth-order valence-electron chi connectivity index (χ4n) is 3.18. The summed E-state index contributed by atoms with van der Waals surface area (Å²) in [6, 6.07) is 7.43. The Morgan fingerprint density at radius 3 is 2.84 bits per heavy atom. The van der Waals surface area contributed by atoms with Gasteiger partial charge >= 0.3 is 0 Å². The van der Waals surface area contributed by atoms with Crippen molar-refractivity contribution in [1.82, 2.24) is 5.32 Å². The first-order valence-corrected chi connectivity index (χ1v) is 7.37. The Kier molecular flexibility index (Phi) is 4.83. The first kappa shape index (κ1) is 14.4. The van der Waals surface area contributed by atoms with Crippen LogP contribution in [0, 0.1) is 6.92 Å². The molecule has 0 amide bonds. The average molecular weight is 262 g/mol. The highest BCUT2D eigenvalue weighted by molar-refractivity contribution is 5.61. The molecule has 0 saturated carbocycles. The SMILES string of the molecule is CCc1cccc(C)c1N1C(C)CNCC1CCO. The third kappa shape index (κ3) is 2.93. The lowest BCUT2D eigenvalue weighted by Crippen LogP contribution is -2.57. The number of aliphatic hydroxyl groups excluding tert-OH is 1. The largest absolute Gasteiger partial charge is 0.396 e. The number of aryl methyl sites for hydroxylation is 2. The van der Waals surface area contributed by atoms with Gasteiger partial charge in [0.05, 0.1) is 0 Å². The third-order valence-electron chi connectivity index (χ3n) is 4.11. The highest BCUT2D eigenvalue weighted by Crippen LogP contribution is 2.31. The monoisotopic (exact) mass is 262 g/mol. The molecular weight excluding hydrogens is 236 g/mol. The summed E-state index contributed by atoms with van der Waals surface area (Å²) in [5, 5.41) is 12.8. The molecule has 1 aliphatic rings. The molecule has 106 valence electrons. The van der Waals surface area contributed by atoms with Gasteiger partial charge in [-0.2, -0.15) is 0 Å². The van der Waals surface area contributed by atoms with Crippen LogP contribution in [0.15, 0.2) is 18.2 Å². The molecule has 2 rings (SSSR count). The molecule has 0 aliphatic carbocycles. The summed E-state index contributed by atoms with van der Waals surface area (Å²) >= 11 is 0. The van der Waals surface area contributed by atoms with Gasteiger partial charge in [0.25, 0.3) is 0 Å². The molecule has 3 heteroatoms. The lowest BCUT2D eigenvalue weighted by atomic mass is 9.98. The normalized spacial score (nSPS) is 23.7. The zero-order valence-electron chi connectivity index (χ0n) is 12.3. The van der Waals surface area contributed by atoms with Crippen LogP contribution in [0.25, 0.3) is 0 Å². The second kappa shape index (κ2) is 6.40. The first-order valence-electron chi connectivity index (χ1n) is 7.37. The van der Waals surface area contributed by atoms with Crippen LogP contribution in [0.1, 0.15) is 31.4 Å². The van der Waals surface area contributed by atoms with E-state index in [1.54, 1.807) is 0 Å². The van der Waals surface area contributed by atoms with E-state index in [2.05, 4.69) is 49.2 Å². The number of hydrogen-bond donors (Lipinski definition) is 2. The van der Waals surface area contributed by atoms with E-state index in [1.807, 2.05) is 0 Å². The van der Waals surface area contributed by atoms with E-state index < -0.39 is 0 Å². The topological polar surface area (TPSA) is 35.5 Å². The molecule has 2 unspecified atom stereocenters. The minimum Gasteiger partial charge on any atom is -0.396 e. The smallest absolute Gasteiger partial charge is 0.0451 e. The summed E-state index contributed by atoms with van der Waals surface area (Å²) in [6.45, 7) is 8.90. The van der Waals surface area contributed by atoms with Gasteiger partial charge in [-0.1, -0.05) is 25.1 Å². The Labute approximate surface area is 116 Å². The van der Waals surface area contributed by atoms with Crippen molar-refractivity contribution in [2.75, 3.05) is 24.6 Å². The Balaban J connectivity index is 2.40. The third-order valence-corrected chi connectivity index (χ3v) is 4.11. The van der Waals surface area contributed by atoms with Gasteiger partial charge in [-0.05, 0) is 37.8 Å². The minimum atomic E-state index is 0.253. The van der Waals surface area contributed by atoms with E-state index in [0.29, 0.717) is 12.1 Å². The van der Waals surface area contributed by atoms with Crippen LogP contribution in [0.2, 0.25) is 0 Å². The Morgan fingerprint density at radius 2 is 2.16 bits per heavy atom. The molecule has 19 heavy (non-hydrogen) atoms. The molecule has 0 aromatic heterocycles.